The summed E-state index contributed by atoms with van der Waals surface area (Å²) in [6, 6.07) is 19.2. The summed E-state index contributed by atoms with van der Waals surface area (Å²) in [4.78, 5) is 27.8. The summed E-state index contributed by atoms with van der Waals surface area (Å²) in [5.74, 6) is -0.559. The first-order valence-electron chi connectivity index (χ1n) is 10.7. The number of methoxy groups -OCH3 is 1. The number of hydrogen-bond donors (Lipinski definition) is 0. The van der Waals surface area contributed by atoms with Crippen LogP contribution >= 0.6 is 0 Å². The highest BCUT2D eigenvalue weighted by Gasteiger charge is 2.32. The number of allylic oxidation sites excluding steroid dienone is 1. The van der Waals surface area contributed by atoms with Crippen LogP contribution < -0.4 is 0 Å². The van der Waals surface area contributed by atoms with Crippen LogP contribution in [-0.2, 0) is 20.8 Å². The SMILES string of the molecule is CCCC/C(=C(\C(=O)OC)N(Cc1ccccc1)C(=O)OC(C)(C)C)c1ccccc1. The summed E-state index contributed by atoms with van der Waals surface area (Å²) in [7, 11) is 1.33. The van der Waals surface area contributed by atoms with E-state index in [9.17, 15) is 9.59 Å². The standard InChI is InChI=1S/C26H33NO4/c1-6-7-18-22(21-16-12-9-13-17-21)23(24(28)30-5)27(25(29)31-26(2,3)4)19-20-14-10-8-11-15-20/h8-17H,6-7,18-19H2,1-5H3/b23-22-. The molecular weight excluding hydrogens is 390 g/mol. The van der Waals surface area contributed by atoms with Crippen molar-refractivity contribution in [2.45, 2.75) is 59.1 Å². The topological polar surface area (TPSA) is 55.8 Å². The van der Waals surface area contributed by atoms with Gasteiger partial charge in [0.05, 0.1) is 13.7 Å². The minimum Gasteiger partial charge on any atom is -0.464 e. The van der Waals surface area contributed by atoms with Gasteiger partial charge >= 0.3 is 12.1 Å². The van der Waals surface area contributed by atoms with Gasteiger partial charge in [0.2, 0.25) is 0 Å². The summed E-state index contributed by atoms with van der Waals surface area (Å²) >= 11 is 0. The number of esters is 1. The molecule has 0 aliphatic rings. The molecule has 0 atom stereocenters. The van der Waals surface area contributed by atoms with E-state index in [0.29, 0.717) is 6.42 Å². The summed E-state index contributed by atoms with van der Waals surface area (Å²) in [5.41, 5.74) is 2.07. The van der Waals surface area contributed by atoms with Gasteiger partial charge < -0.3 is 9.47 Å². The lowest BCUT2D eigenvalue weighted by molar-refractivity contribution is -0.138. The molecular formula is C26H33NO4. The van der Waals surface area contributed by atoms with Gasteiger partial charge in [0.15, 0.2) is 0 Å². The van der Waals surface area contributed by atoms with Gasteiger partial charge in [0.1, 0.15) is 11.3 Å². The Morgan fingerprint density at radius 2 is 1.52 bits per heavy atom. The molecule has 0 aliphatic carbocycles. The summed E-state index contributed by atoms with van der Waals surface area (Å²) in [6.07, 6.45) is 1.88. The third-order valence-corrected chi connectivity index (χ3v) is 4.63. The van der Waals surface area contributed by atoms with Crippen molar-refractivity contribution in [3.8, 4) is 0 Å². The Balaban J connectivity index is 2.68. The van der Waals surface area contributed by atoms with Crippen molar-refractivity contribution in [3.05, 3.63) is 77.5 Å². The van der Waals surface area contributed by atoms with Crippen molar-refractivity contribution in [3.63, 3.8) is 0 Å². The molecule has 166 valence electrons. The lowest BCUT2D eigenvalue weighted by atomic mass is 9.97. The molecule has 0 radical (unpaired) electrons. The molecule has 0 saturated carbocycles. The average Bonchev–Trinajstić information content (AvgIpc) is 2.75. The van der Waals surface area contributed by atoms with E-state index in [-0.39, 0.29) is 12.2 Å². The Morgan fingerprint density at radius 1 is 0.935 bits per heavy atom. The van der Waals surface area contributed by atoms with Gasteiger partial charge in [-0.2, -0.15) is 0 Å². The predicted octanol–water partition coefficient (Wildman–Crippen LogP) is 6.20. The van der Waals surface area contributed by atoms with Crippen LogP contribution in [0.1, 0.15) is 58.1 Å². The van der Waals surface area contributed by atoms with E-state index in [1.54, 1.807) is 0 Å². The minimum absolute atomic E-state index is 0.197. The molecule has 5 nitrogen and oxygen atoms in total. The fraction of sp³-hybridized carbons (Fsp3) is 0.385. The molecule has 0 N–H and O–H groups in total. The highest BCUT2D eigenvalue weighted by molar-refractivity contribution is 6.00. The van der Waals surface area contributed by atoms with E-state index in [2.05, 4.69) is 6.92 Å². The molecule has 0 fully saturated rings. The number of carbonyl (C=O) groups is 2. The maximum atomic E-state index is 13.3. The Labute approximate surface area is 185 Å². The second-order valence-corrected chi connectivity index (χ2v) is 8.34. The highest BCUT2D eigenvalue weighted by Crippen LogP contribution is 2.30. The maximum absolute atomic E-state index is 13.3. The molecule has 0 unspecified atom stereocenters. The normalized spacial score (nSPS) is 12.0. The van der Waals surface area contributed by atoms with Crippen LogP contribution in [0.2, 0.25) is 0 Å². The van der Waals surface area contributed by atoms with Gasteiger partial charge in [-0.25, -0.2) is 9.59 Å². The van der Waals surface area contributed by atoms with Gasteiger partial charge in [-0.15, -0.1) is 0 Å². The Kier molecular flexibility index (Phi) is 8.86. The summed E-state index contributed by atoms with van der Waals surface area (Å²) in [6.45, 7) is 7.71. The van der Waals surface area contributed by atoms with E-state index < -0.39 is 17.7 Å². The molecule has 2 rings (SSSR count). The second kappa shape index (κ2) is 11.3. The van der Waals surface area contributed by atoms with Crippen LogP contribution in [0.15, 0.2) is 66.4 Å². The first kappa shape index (κ1) is 24.2. The smallest absolute Gasteiger partial charge is 0.415 e. The number of nitrogens with zero attached hydrogens (tertiary/aromatic N) is 1. The summed E-state index contributed by atoms with van der Waals surface area (Å²) < 4.78 is 10.8. The number of hydrogen-bond acceptors (Lipinski definition) is 4. The van der Waals surface area contributed by atoms with Crippen LogP contribution in [0, 0.1) is 0 Å². The number of benzene rings is 2. The van der Waals surface area contributed by atoms with Crippen molar-refractivity contribution in [1.29, 1.82) is 0 Å². The van der Waals surface area contributed by atoms with E-state index in [0.717, 1.165) is 29.5 Å². The largest absolute Gasteiger partial charge is 0.464 e. The zero-order chi connectivity index (χ0) is 22.9. The molecule has 2 aromatic carbocycles. The minimum atomic E-state index is -0.705. The van der Waals surface area contributed by atoms with E-state index in [1.165, 1.54) is 12.0 Å². The quantitative estimate of drug-likeness (QED) is 0.375. The van der Waals surface area contributed by atoms with Gasteiger partial charge in [-0.3, -0.25) is 4.90 Å². The molecule has 0 saturated heterocycles. The number of carbonyl (C=O) groups excluding carboxylic acids is 2. The van der Waals surface area contributed by atoms with Gasteiger partial charge in [0, 0.05) is 0 Å². The van der Waals surface area contributed by atoms with E-state index in [4.69, 9.17) is 9.47 Å². The monoisotopic (exact) mass is 423 g/mol. The van der Waals surface area contributed by atoms with Crippen LogP contribution in [-0.4, -0.2) is 29.7 Å². The highest BCUT2D eigenvalue weighted by atomic mass is 16.6. The van der Waals surface area contributed by atoms with Gasteiger partial charge in [-0.05, 0) is 50.3 Å². The van der Waals surface area contributed by atoms with Gasteiger partial charge in [-0.1, -0.05) is 74.0 Å². The third-order valence-electron chi connectivity index (χ3n) is 4.63. The lowest BCUT2D eigenvalue weighted by Crippen LogP contribution is -2.39. The zero-order valence-corrected chi connectivity index (χ0v) is 19.2. The summed E-state index contributed by atoms with van der Waals surface area (Å²) in [5, 5.41) is 0. The van der Waals surface area contributed by atoms with Crippen molar-refractivity contribution < 1.29 is 19.1 Å². The maximum Gasteiger partial charge on any atom is 0.415 e. The van der Waals surface area contributed by atoms with E-state index >= 15 is 0 Å². The van der Waals surface area contributed by atoms with E-state index in [1.807, 2.05) is 81.4 Å². The van der Waals surface area contributed by atoms with Crippen molar-refractivity contribution >= 4 is 17.6 Å². The number of unbranched alkanes of at least 4 members (excludes halogenated alkanes) is 1. The molecule has 5 heteroatoms. The fourth-order valence-electron chi connectivity index (χ4n) is 3.20. The molecule has 1 amide bonds. The third kappa shape index (κ3) is 7.28. The van der Waals surface area contributed by atoms with Crippen molar-refractivity contribution in [1.82, 2.24) is 4.90 Å². The number of ether oxygens (including phenoxy) is 2. The molecule has 31 heavy (non-hydrogen) atoms. The van der Waals surface area contributed by atoms with Crippen LogP contribution in [0.5, 0.6) is 0 Å². The van der Waals surface area contributed by atoms with Crippen LogP contribution in [0.4, 0.5) is 4.79 Å². The molecule has 0 heterocycles. The first-order chi connectivity index (χ1) is 14.8. The fourth-order valence-corrected chi connectivity index (χ4v) is 3.20. The Bertz CT molecular complexity index is 883. The second-order valence-electron chi connectivity index (χ2n) is 8.34. The lowest BCUT2D eigenvalue weighted by Gasteiger charge is -2.30. The van der Waals surface area contributed by atoms with Gasteiger partial charge in [0.25, 0.3) is 0 Å². The number of amides is 1. The van der Waals surface area contributed by atoms with Crippen LogP contribution in [0.25, 0.3) is 5.57 Å². The Morgan fingerprint density at radius 3 is 2.03 bits per heavy atom. The average molecular weight is 424 g/mol. The predicted molar refractivity (Wildman–Crippen MR) is 123 cm³/mol. The van der Waals surface area contributed by atoms with Crippen molar-refractivity contribution in [2.75, 3.05) is 7.11 Å². The molecule has 0 spiro atoms. The molecule has 0 aromatic heterocycles. The first-order valence-corrected chi connectivity index (χ1v) is 10.7. The number of rotatable bonds is 8. The Hall–Kier alpha value is -3.08. The van der Waals surface area contributed by atoms with Crippen molar-refractivity contribution in [2.24, 2.45) is 0 Å². The molecule has 2 aromatic rings. The zero-order valence-electron chi connectivity index (χ0n) is 19.2. The molecule has 0 bridgehead atoms. The van der Waals surface area contributed by atoms with Crippen LogP contribution in [0.3, 0.4) is 0 Å². The molecule has 0 aliphatic heterocycles.